The Kier molecular flexibility index (Phi) is 6.94. The van der Waals surface area contributed by atoms with Crippen LogP contribution >= 0.6 is 0 Å². The number of amides is 1. The molecule has 0 unspecified atom stereocenters. The van der Waals surface area contributed by atoms with Crippen molar-refractivity contribution < 1.29 is 13.2 Å². The van der Waals surface area contributed by atoms with Crippen LogP contribution in [0.3, 0.4) is 0 Å². The molecule has 2 aromatic carbocycles. The average molecular weight is 375 g/mol. The van der Waals surface area contributed by atoms with E-state index in [-0.39, 0.29) is 23.9 Å². The maximum absolute atomic E-state index is 13.1. The molecule has 2 aromatic rings. The van der Waals surface area contributed by atoms with Crippen molar-refractivity contribution in [1.82, 2.24) is 9.21 Å². The molecule has 0 atom stereocenters. The maximum atomic E-state index is 13.1. The van der Waals surface area contributed by atoms with Gasteiger partial charge in [-0.3, -0.25) is 4.79 Å². The van der Waals surface area contributed by atoms with Gasteiger partial charge in [-0.05, 0) is 38.5 Å². The van der Waals surface area contributed by atoms with Gasteiger partial charge < -0.3 is 4.90 Å². The highest BCUT2D eigenvalue weighted by Crippen LogP contribution is 2.19. The molecule has 0 heterocycles. The zero-order chi connectivity index (χ0) is 19.2. The first-order valence-corrected chi connectivity index (χ1v) is 10.2. The summed E-state index contributed by atoms with van der Waals surface area (Å²) in [5.41, 5.74) is 1.95. The summed E-state index contributed by atoms with van der Waals surface area (Å²) < 4.78 is 27.4. The van der Waals surface area contributed by atoms with Gasteiger partial charge in [-0.2, -0.15) is 4.31 Å². The number of carbonyl (C=O) groups excluding carboxylic acids is 1. The molecule has 26 heavy (non-hydrogen) atoms. The highest BCUT2D eigenvalue weighted by atomic mass is 32.2. The van der Waals surface area contributed by atoms with Crippen molar-refractivity contribution in [1.29, 1.82) is 0 Å². The van der Waals surface area contributed by atoms with Crippen molar-refractivity contribution in [3.05, 3.63) is 65.7 Å². The number of aryl methyl sites for hydroxylation is 1. The summed E-state index contributed by atoms with van der Waals surface area (Å²) in [6, 6.07) is 15.9. The number of benzene rings is 2. The minimum atomic E-state index is -3.77. The summed E-state index contributed by atoms with van der Waals surface area (Å²) in [6.45, 7) is 6.84. The molecular formula is C20H26N2O3S. The first-order chi connectivity index (χ1) is 12.4. The van der Waals surface area contributed by atoms with Gasteiger partial charge in [0.25, 0.3) is 0 Å². The van der Waals surface area contributed by atoms with Crippen LogP contribution in [0.5, 0.6) is 0 Å². The van der Waals surface area contributed by atoms with Crippen LogP contribution in [0.4, 0.5) is 0 Å². The predicted octanol–water partition coefficient (Wildman–Crippen LogP) is 3.05. The Morgan fingerprint density at radius 3 is 2.04 bits per heavy atom. The van der Waals surface area contributed by atoms with Gasteiger partial charge in [-0.25, -0.2) is 8.42 Å². The molecule has 0 aliphatic carbocycles. The van der Waals surface area contributed by atoms with Crippen molar-refractivity contribution in [2.45, 2.75) is 32.2 Å². The standard InChI is InChI=1S/C20H26N2O3S/c1-4-21(5-2)20(23)16-22(15-18-13-11-17(3)12-14-18)26(24,25)19-9-7-6-8-10-19/h6-14H,4-5,15-16H2,1-3H3. The van der Waals surface area contributed by atoms with E-state index in [0.717, 1.165) is 11.1 Å². The van der Waals surface area contributed by atoms with Crippen LogP contribution in [-0.4, -0.2) is 43.2 Å². The molecule has 0 saturated carbocycles. The smallest absolute Gasteiger partial charge is 0.243 e. The molecule has 6 heteroatoms. The van der Waals surface area contributed by atoms with Gasteiger partial charge in [-0.15, -0.1) is 0 Å². The number of carbonyl (C=O) groups is 1. The third-order valence-electron chi connectivity index (χ3n) is 4.29. The van der Waals surface area contributed by atoms with Crippen molar-refractivity contribution in [2.24, 2.45) is 0 Å². The Morgan fingerprint density at radius 1 is 0.923 bits per heavy atom. The SMILES string of the molecule is CCN(CC)C(=O)CN(Cc1ccc(C)cc1)S(=O)(=O)c1ccccc1. The molecule has 0 aromatic heterocycles. The molecule has 5 nitrogen and oxygen atoms in total. The van der Waals surface area contributed by atoms with E-state index in [1.54, 1.807) is 35.2 Å². The second-order valence-electron chi connectivity index (χ2n) is 6.14. The van der Waals surface area contributed by atoms with E-state index in [4.69, 9.17) is 0 Å². The fraction of sp³-hybridized carbons (Fsp3) is 0.350. The van der Waals surface area contributed by atoms with Gasteiger partial charge in [0, 0.05) is 19.6 Å². The Labute approximate surface area is 156 Å². The molecule has 0 spiro atoms. The maximum Gasteiger partial charge on any atom is 0.243 e. The van der Waals surface area contributed by atoms with Gasteiger partial charge in [-0.1, -0.05) is 48.0 Å². The minimum absolute atomic E-state index is 0.157. The van der Waals surface area contributed by atoms with Gasteiger partial charge in [0.1, 0.15) is 0 Å². The Hall–Kier alpha value is -2.18. The van der Waals surface area contributed by atoms with E-state index < -0.39 is 10.0 Å². The van der Waals surface area contributed by atoms with E-state index in [9.17, 15) is 13.2 Å². The highest BCUT2D eigenvalue weighted by Gasteiger charge is 2.28. The van der Waals surface area contributed by atoms with Crippen molar-refractivity contribution in [3.63, 3.8) is 0 Å². The quantitative estimate of drug-likeness (QED) is 0.714. The summed E-state index contributed by atoms with van der Waals surface area (Å²) in [4.78, 5) is 14.4. The topological polar surface area (TPSA) is 57.7 Å². The van der Waals surface area contributed by atoms with Crippen LogP contribution in [0.2, 0.25) is 0 Å². The number of sulfonamides is 1. The van der Waals surface area contributed by atoms with Gasteiger partial charge >= 0.3 is 0 Å². The summed E-state index contributed by atoms with van der Waals surface area (Å²) >= 11 is 0. The Balaban J connectivity index is 2.34. The van der Waals surface area contributed by atoms with Crippen LogP contribution in [0.25, 0.3) is 0 Å². The Bertz CT molecular complexity index is 814. The second-order valence-corrected chi connectivity index (χ2v) is 8.08. The van der Waals surface area contributed by atoms with Crippen LogP contribution in [0.1, 0.15) is 25.0 Å². The summed E-state index contributed by atoms with van der Waals surface area (Å²) in [5.74, 6) is -0.193. The van der Waals surface area contributed by atoms with Gasteiger partial charge in [0.05, 0.1) is 11.4 Å². The number of nitrogens with zero attached hydrogens (tertiary/aromatic N) is 2. The minimum Gasteiger partial charge on any atom is -0.342 e. The summed E-state index contributed by atoms with van der Waals surface area (Å²) in [5, 5.41) is 0. The third kappa shape index (κ3) is 4.93. The average Bonchev–Trinajstić information content (AvgIpc) is 2.64. The zero-order valence-electron chi connectivity index (χ0n) is 15.6. The molecule has 0 bridgehead atoms. The molecule has 0 radical (unpaired) electrons. The van der Waals surface area contributed by atoms with Crippen LogP contribution < -0.4 is 0 Å². The first kappa shape index (κ1) is 20.1. The van der Waals surface area contributed by atoms with Crippen LogP contribution in [0.15, 0.2) is 59.5 Å². The van der Waals surface area contributed by atoms with E-state index in [1.165, 1.54) is 4.31 Å². The lowest BCUT2D eigenvalue weighted by atomic mass is 10.1. The first-order valence-electron chi connectivity index (χ1n) is 8.77. The zero-order valence-corrected chi connectivity index (χ0v) is 16.4. The van der Waals surface area contributed by atoms with E-state index in [0.29, 0.717) is 13.1 Å². The molecule has 0 fully saturated rings. The lowest BCUT2D eigenvalue weighted by Crippen LogP contribution is -2.42. The van der Waals surface area contributed by atoms with Crippen molar-refractivity contribution in [2.75, 3.05) is 19.6 Å². The van der Waals surface area contributed by atoms with Crippen molar-refractivity contribution >= 4 is 15.9 Å². The number of likely N-dealkylation sites (N-methyl/N-ethyl adjacent to an activating group) is 1. The van der Waals surface area contributed by atoms with E-state index in [1.807, 2.05) is 45.0 Å². The lowest BCUT2D eigenvalue weighted by molar-refractivity contribution is -0.131. The fourth-order valence-electron chi connectivity index (χ4n) is 2.69. The third-order valence-corrected chi connectivity index (χ3v) is 6.09. The number of rotatable bonds is 8. The fourth-order valence-corrected chi connectivity index (χ4v) is 4.09. The highest BCUT2D eigenvalue weighted by molar-refractivity contribution is 7.89. The number of hydrogen-bond donors (Lipinski definition) is 0. The summed E-state index contributed by atoms with van der Waals surface area (Å²) in [7, 11) is -3.77. The van der Waals surface area contributed by atoms with E-state index >= 15 is 0 Å². The molecule has 0 N–H and O–H groups in total. The lowest BCUT2D eigenvalue weighted by Gasteiger charge is -2.26. The van der Waals surface area contributed by atoms with Gasteiger partial charge in [0.15, 0.2) is 0 Å². The van der Waals surface area contributed by atoms with E-state index in [2.05, 4.69) is 0 Å². The summed E-state index contributed by atoms with van der Waals surface area (Å²) in [6.07, 6.45) is 0. The predicted molar refractivity (Wildman–Crippen MR) is 103 cm³/mol. The molecular weight excluding hydrogens is 348 g/mol. The van der Waals surface area contributed by atoms with Gasteiger partial charge in [0.2, 0.25) is 15.9 Å². The van der Waals surface area contributed by atoms with Crippen LogP contribution in [0, 0.1) is 6.92 Å². The molecule has 140 valence electrons. The molecule has 2 rings (SSSR count). The largest absolute Gasteiger partial charge is 0.342 e. The Morgan fingerprint density at radius 2 is 1.50 bits per heavy atom. The number of hydrogen-bond acceptors (Lipinski definition) is 3. The van der Waals surface area contributed by atoms with Crippen LogP contribution in [-0.2, 0) is 21.4 Å². The van der Waals surface area contributed by atoms with Crippen molar-refractivity contribution in [3.8, 4) is 0 Å². The molecule has 1 amide bonds. The normalized spacial score (nSPS) is 11.5. The monoisotopic (exact) mass is 374 g/mol. The molecule has 0 aliphatic rings. The molecule has 0 saturated heterocycles. The molecule has 0 aliphatic heterocycles. The second kappa shape index (κ2) is 8.96.